The summed E-state index contributed by atoms with van der Waals surface area (Å²) in [6, 6.07) is 14.0. The molecule has 0 aliphatic carbocycles. The standard InChI is InChI=1S/C23H23FN2O3/c1-15-21(14-26-12-11-18(13-26)19-5-3-4-6-20(19)24)25-22(29-15)16-7-9-17(10-8-16)23(27)28-2/h3-10,18H,11-14H2,1-2H3/t18-/m1/s1. The minimum Gasteiger partial charge on any atom is -0.465 e. The molecule has 1 aliphatic rings. The number of rotatable bonds is 5. The quantitative estimate of drug-likeness (QED) is 0.594. The van der Waals surface area contributed by atoms with E-state index >= 15 is 0 Å². The van der Waals surface area contributed by atoms with Crippen molar-refractivity contribution in [2.24, 2.45) is 0 Å². The summed E-state index contributed by atoms with van der Waals surface area (Å²) >= 11 is 0. The predicted octanol–water partition coefficient (Wildman–Crippen LogP) is 4.57. The Morgan fingerprint density at radius 2 is 2.00 bits per heavy atom. The van der Waals surface area contributed by atoms with Crippen molar-refractivity contribution in [3.05, 3.63) is 76.9 Å². The van der Waals surface area contributed by atoms with E-state index in [9.17, 15) is 9.18 Å². The molecule has 0 bridgehead atoms. The molecular weight excluding hydrogens is 371 g/mol. The smallest absolute Gasteiger partial charge is 0.337 e. The fourth-order valence-electron chi connectivity index (χ4n) is 3.81. The summed E-state index contributed by atoms with van der Waals surface area (Å²) in [7, 11) is 1.36. The van der Waals surface area contributed by atoms with E-state index in [-0.39, 0.29) is 17.7 Å². The second kappa shape index (κ2) is 8.17. The van der Waals surface area contributed by atoms with Crippen LogP contribution in [-0.2, 0) is 11.3 Å². The van der Waals surface area contributed by atoms with Crippen molar-refractivity contribution in [1.29, 1.82) is 0 Å². The van der Waals surface area contributed by atoms with E-state index in [0.717, 1.165) is 42.1 Å². The molecule has 4 rings (SSSR count). The number of aryl methyl sites for hydroxylation is 1. The van der Waals surface area contributed by atoms with E-state index in [0.29, 0.717) is 18.0 Å². The molecule has 2 heterocycles. The van der Waals surface area contributed by atoms with Crippen LogP contribution in [0.5, 0.6) is 0 Å². The lowest BCUT2D eigenvalue weighted by Crippen LogP contribution is -2.20. The Balaban J connectivity index is 1.45. The van der Waals surface area contributed by atoms with Crippen LogP contribution in [0.3, 0.4) is 0 Å². The predicted molar refractivity (Wildman–Crippen MR) is 107 cm³/mol. The van der Waals surface area contributed by atoms with Crippen molar-refractivity contribution in [1.82, 2.24) is 9.88 Å². The third-order valence-electron chi connectivity index (χ3n) is 5.44. The van der Waals surface area contributed by atoms with Gasteiger partial charge in [-0.1, -0.05) is 18.2 Å². The summed E-state index contributed by atoms with van der Waals surface area (Å²) < 4.78 is 24.7. The zero-order valence-corrected chi connectivity index (χ0v) is 16.5. The van der Waals surface area contributed by atoms with Crippen molar-refractivity contribution in [2.45, 2.75) is 25.8 Å². The number of halogens is 1. The van der Waals surface area contributed by atoms with Gasteiger partial charge in [-0.15, -0.1) is 0 Å². The van der Waals surface area contributed by atoms with Gasteiger partial charge in [-0.25, -0.2) is 14.2 Å². The largest absolute Gasteiger partial charge is 0.465 e. The number of carbonyl (C=O) groups excluding carboxylic acids is 1. The van der Waals surface area contributed by atoms with Gasteiger partial charge in [-0.3, -0.25) is 4.90 Å². The SMILES string of the molecule is COC(=O)c1ccc(-c2nc(CN3CC[C@@H](c4ccccc4F)C3)c(C)o2)cc1. The van der Waals surface area contributed by atoms with Crippen LogP contribution in [0.15, 0.2) is 52.9 Å². The number of esters is 1. The summed E-state index contributed by atoms with van der Waals surface area (Å²) in [5.41, 5.74) is 2.96. The van der Waals surface area contributed by atoms with Crippen LogP contribution in [-0.4, -0.2) is 36.1 Å². The monoisotopic (exact) mass is 394 g/mol. The molecule has 1 saturated heterocycles. The van der Waals surface area contributed by atoms with E-state index in [4.69, 9.17) is 9.15 Å². The third kappa shape index (κ3) is 4.07. The Morgan fingerprint density at radius 1 is 1.24 bits per heavy atom. The summed E-state index contributed by atoms with van der Waals surface area (Å²) in [4.78, 5) is 18.5. The lowest BCUT2D eigenvalue weighted by molar-refractivity contribution is 0.0600. The number of methoxy groups -OCH3 is 1. The number of likely N-dealkylation sites (tertiary alicyclic amines) is 1. The van der Waals surface area contributed by atoms with Gasteiger partial charge in [0.15, 0.2) is 0 Å². The van der Waals surface area contributed by atoms with Gasteiger partial charge < -0.3 is 9.15 Å². The molecule has 0 N–H and O–H groups in total. The average molecular weight is 394 g/mol. The first kappa shape index (κ1) is 19.3. The van der Waals surface area contributed by atoms with E-state index in [2.05, 4.69) is 9.88 Å². The molecule has 0 radical (unpaired) electrons. The van der Waals surface area contributed by atoms with E-state index in [1.807, 2.05) is 19.1 Å². The molecule has 0 amide bonds. The number of ether oxygens (including phenoxy) is 1. The second-order valence-corrected chi connectivity index (χ2v) is 7.33. The molecule has 6 heteroatoms. The van der Waals surface area contributed by atoms with Crippen LogP contribution in [0, 0.1) is 12.7 Å². The fourth-order valence-corrected chi connectivity index (χ4v) is 3.81. The van der Waals surface area contributed by atoms with Gasteiger partial charge in [0.2, 0.25) is 5.89 Å². The normalized spacial score (nSPS) is 16.9. The van der Waals surface area contributed by atoms with Gasteiger partial charge >= 0.3 is 5.97 Å². The molecule has 29 heavy (non-hydrogen) atoms. The Kier molecular flexibility index (Phi) is 5.45. The van der Waals surface area contributed by atoms with E-state index < -0.39 is 0 Å². The molecule has 1 aliphatic heterocycles. The minimum atomic E-state index is -0.376. The summed E-state index contributed by atoms with van der Waals surface area (Å²) in [5, 5.41) is 0. The molecule has 5 nitrogen and oxygen atoms in total. The summed E-state index contributed by atoms with van der Waals surface area (Å²) in [6.45, 7) is 4.27. The van der Waals surface area contributed by atoms with Crippen molar-refractivity contribution in [3.63, 3.8) is 0 Å². The van der Waals surface area contributed by atoms with Crippen molar-refractivity contribution in [3.8, 4) is 11.5 Å². The molecule has 2 aromatic carbocycles. The third-order valence-corrected chi connectivity index (χ3v) is 5.44. The number of hydrogen-bond acceptors (Lipinski definition) is 5. The van der Waals surface area contributed by atoms with Gasteiger partial charge in [0.1, 0.15) is 11.6 Å². The Bertz CT molecular complexity index is 1010. The van der Waals surface area contributed by atoms with Crippen molar-refractivity contribution < 1.29 is 18.3 Å². The highest BCUT2D eigenvalue weighted by molar-refractivity contribution is 5.89. The number of aromatic nitrogens is 1. The minimum absolute atomic E-state index is 0.130. The Morgan fingerprint density at radius 3 is 2.72 bits per heavy atom. The Hall–Kier alpha value is -2.99. The number of oxazole rings is 1. The van der Waals surface area contributed by atoms with Crippen LogP contribution in [0.25, 0.3) is 11.5 Å². The lowest BCUT2D eigenvalue weighted by atomic mass is 9.98. The molecule has 0 saturated carbocycles. The van der Waals surface area contributed by atoms with Gasteiger partial charge in [0, 0.05) is 24.6 Å². The summed E-state index contributed by atoms with van der Waals surface area (Å²) in [6.07, 6.45) is 0.930. The Labute approximate surface area is 169 Å². The molecule has 0 spiro atoms. The number of nitrogens with zero attached hydrogens (tertiary/aromatic N) is 2. The van der Waals surface area contributed by atoms with E-state index in [1.165, 1.54) is 13.2 Å². The number of hydrogen-bond donors (Lipinski definition) is 0. The molecular formula is C23H23FN2O3. The molecule has 1 atom stereocenters. The van der Waals surface area contributed by atoms with E-state index in [1.54, 1.807) is 30.3 Å². The number of carbonyl (C=O) groups is 1. The highest BCUT2D eigenvalue weighted by Crippen LogP contribution is 2.31. The van der Waals surface area contributed by atoms with Crippen LogP contribution in [0.4, 0.5) is 4.39 Å². The van der Waals surface area contributed by atoms with Crippen LogP contribution < -0.4 is 0 Å². The van der Waals surface area contributed by atoms with Crippen molar-refractivity contribution >= 4 is 5.97 Å². The van der Waals surface area contributed by atoms with Gasteiger partial charge in [-0.05, 0) is 55.8 Å². The van der Waals surface area contributed by atoms with Gasteiger partial charge in [0.05, 0.1) is 18.4 Å². The fraction of sp³-hybridized carbons (Fsp3) is 0.304. The second-order valence-electron chi connectivity index (χ2n) is 7.33. The maximum Gasteiger partial charge on any atom is 0.337 e. The first-order valence-electron chi connectivity index (χ1n) is 9.67. The molecule has 0 unspecified atom stereocenters. The van der Waals surface area contributed by atoms with Gasteiger partial charge in [-0.2, -0.15) is 0 Å². The topological polar surface area (TPSA) is 55.6 Å². The van der Waals surface area contributed by atoms with Crippen LogP contribution in [0.2, 0.25) is 0 Å². The van der Waals surface area contributed by atoms with Crippen LogP contribution >= 0.6 is 0 Å². The number of benzene rings is 2. The lowest BCUT2D eigenvalue weighted by Gasteiger charge is -2.15. The zero-order valence-electron chi connectivity index (χ0n) is 16.5. The van der Waals surface area contributed by atoms with Crippen LogP contribution in [0.1, 0.15) is 39.7 Å². The maximum atomic E-state index is 14.1. The van der Waals surface area contributed by atoms with Crippen molar-refractivity contribution in [2.75, 3.05) is 20.2 Å². The zero-order chi connectivity index (χ0) is 20.4. The average Bonchev–Trinajstić information content (AvgIpc) is 3.35. The highest BCUT2D eigenvalue weighted by Gasteiger charge is 2.27. The highest BCUT2D eigenvalue weighted by atomic mass is 19.1. The summed E-state index contributed by atoms with van der Waals surface area (Å²) in [5.74, 6) is 0.993. The maximum absolute atomic E-state index is 14.1. The molecule has 3 aromatic rings. The molecule has 150 valence electrons. The molecule has 1 fully saturated rings. The first-order chi connectivity index (χ1) is 14.0. The first-order valence-corrected chi connectivity index (χ1v) is 9.67. The van der Waals surface area contributed by atoms with Gasteiger partial charge in [0.25, 0.3) is 0 Å². The molecule has 1 aromatic heterocycles.